The van der Waals surface area contributed by atoms with Gasteiger partial charge in [-0.1, -0.05) is 37.6 Å². The van der Waals surface area contributed by atoms with Crippen molar-refractivity contribution in [3.05, 3.63) is 93.0 Å². The molecule has 2 saturated carbocycles. The van der Waals surface area contributed by atoms with Crippen molar-refractivity contribution in [2.75, 3.05) is 37.2 Å². The number of aromatic nitrogens is 2. The van der Waals surface area contributed by atoms with E-state index in [1.807, 2.05) is 26.0 Å². The summed E-state index contributed by atoms with van der Waals surface area (Å²) in [4.78, 5) is 59.6. The Morgan fingerprint density at radius 3 is 1.54 bits per heavy atom. The molecule has 18 heteroatoms. The summed E-state index contributed by atoms with van der Waals surface area (Å²) in [7, 11) is -3.55. The van der Waals surface area contributed by atoms with Gasteiger partial charge < -0.3 is 26.2 Å². The molecule has 8 rings (SSSR count). The van der Waals surface area contributed by atoms with Gasteiger partial charge in [-0.25, -0.2) is 21.8 Å². The lowest BCUT2D eigenvalue weighted by atomic mass is 10.1. The van der Waals surface area contributed by atoms with E-state index in [0.717, 1.165) is 49.5 Å². The van der Waals surface area contributed by atoms with Gasteiger partial charge in [0.15, 0.2) is 19.7 Å². The van der Waals surface area contributed by atoms with Crippen LogP contribution in [0.15, 0.2) is 58.3 Å². The number of sulfone groups is 2. The molecule has 0 spiro atoms. The fraction of sp³-hybridized carbons (Fsp3) is 0.395. The van der Waals surface area contributed by atoms with Crippen LogP contribution in [-0.4, -0.2) is 86.7 Å². The van der Waals surface area contributed by atoms with E-state index >= 15 is 0 Å². The largest absolute Gasteiger partial charge is 0.369 e. The second-order valence-electron chi connectivity index (χ2n) is 15.9. The molecule has 2 aliphatic carbocycles. The highest BCUT2D eigenvalue weighted by atomic mass is 35.5. The third-order valence-electron chi connectivity index (χ3n) is 10.7. The molecule has 324 valence electrons. The van der Waals surface area contributed by atoms with Crippen LogP contribution in [0.1, 0.15) is 88.5 Å². The molecule has 0 bridgehead atoms. The Hall–Kier alpha value is -5.39. The van der Waals surface area contributed by atoms with Gasteiger partial charge in [0.25, 0.3) is 11.8 Å². The Balaban J connectivity index is 0.000000181. The monoisotopic (exact) mass is 891 g/mol. The molecule has 15 nitrogen and oxygen atoms in total. The van der Waals surface area contributed by atoms with Crippen molar-refractivity contribution in [1.29, 1.82) is 0 Å². The van der Waals surface area contributed by atoms with E-state index in [1.54, 1.807) is 49.3 Å². The van der Waals surface area contributed by atoms with E-state index < -0.39 is 19.7 Å². The minimum Gasteiger partial charge on any atom is -0.369 e. The van der Waals surface area contributed by atoms with Crippen molar-refractivity contribution < 1.29 is 36.0 Å². The van der Waals surface area contributed by atoms with Gasteiger partial charge in [-0.2, -0.15) is 0 Å². The van der Waals surface area contributed by atoms with E-state index in [4.69, 9.17) is 17.3 Å². The maximum Gasteiger partial charge on any atom is 0.257 e. The number of carbonyl (C=O) groups is 4. The number of primary amides is 1. The standard InChI is InChI=1S/C22H25N3O4S.C17H18ClN3O3S.C4H7NO/c1-4-13-5-8-16(20(9-13)30(3,28)29)24-17-10-15(11-19(26)14-6-7-14)23-18-12-25(2)22(27)21(17)18;1-4-10-5-6-11(14(7-10)25(3,23)24)19-12-8-15(18)20-13-9-21(2)17(22)16(12)13;5-4(6)3-1-2-3/h5,8-10,14H,4,6-7,11-12H2,1-3H3,(H,23,24);5-8H,4,9H2,1-3H3,(H,19,20);3H,1-2H2,(H2,5,6). The number of hydrogen-bond donors (Lipinski definition) is 3. The summed E-state index contributed by atoms with van der Waals surface area (Å²) in [6.45, 7) is 4.65. The predicted octanol–water partition coefficient (Wildman–Crippen LogP) is 5.81. The molecule has 2 aromatic carbocycles. The van der Waals surface area contributed by atoms with E-state index in [9.17, 15) is 36.0 Å². The summed E-state index contributed by atoms with van der Waals surface area (Å²) < 4.78 is 49.1. The smallest absolute Gasteiger partial charge is 0.257 e. The molecular formula is C43H50ClN7O8S2. The zero-order chi connectivity index (χ0) is 44.6. The molecule has 61 heavy (non-hydrogen) atoms. The van der Waals surface area contributed by atoms with E-state index in [1.165, 1.54) is 17.2 Å². The summed E-state index contributed by atoms with van der Waals surface area (Å²) in [6, 6.07) is 13.7. The van der Waals surface area contributed by atoms with Crippen molar-refractivity contribution in [2.24, 2.45) is 17.6 Å². The summed E-state index contributed by atoms with van der Waals surface area (Å²) >= 11 is 6.07. The van der Waals surface area contributed by atoms with Crippen molar-refractivity contribution in [3.8, 4) is 0 Å². The minimum atomic E-state index is -3.48. The molecule has 4 aliphatic rings. The van der Waals surface area contributed by atoms with Crippen molar-refractivity contribution >= 4 is 77.5 Å². The first-order valence-corrected chi connectivity index (χ1v) is 24.1. The number of pyridine rings is 2. The first-order valence-electron chi connectivity index (χ1n) is 19.9. The maximum atomic E-state index is 12.7. The van der Waals surface area contributed by atoms with Crippen LogP contribution in [0.2, 0.25) is 5.15 Å². The molecule has 0 unspecified atom stereocenters. The van der Waals surface area contributed by atoms with Gasteiger partial charge in [0, 0.05) is 44.9 Å². The summed E-state index contributed by atoms with van der Waals surface area (Å²) in [5, 5.41) is 6.48. The number of fused-ring (bicyclic) bond motifs is 2. The summed E-state index contributed by atoms with van der Waals surface area (Å²) in [5.74, 6) is 0.0494. The number of halogens is 1. The lowest BCUT2D eigenvalue weighted by Crippen LogP contribution is -2.18. The fourth-order valence-electron chi connectivity index (χ4n) is 6.97. The minimum absolute atomic E-state index is 0.124. The van der Waals surface area contributed by atoms with E-state index in [-0.39, 0.29) is 56.7 Å². The second kappa shape index (κ2) is 17.9. The van der Waals surface area contributed by atoms with Gasteiger partial charge in [0.2, 0.25) is 5.91 Å². The normalized spacial score (nSPS) is 15.6. The fourth-order valence-corrected chi connectivity index (χ4v) is 8.95. The van der Waals surface area contributed by atoms with Gasteiger partial charge in [-0.05, 0) is 86.1 Å². The Bertz CT molecular complexity index is 2660. The third-order valence-corrected chi connectivity index (χ3v) is 13.2. The number of Topliss-reactive ketones (excluding diaryl/α,β-unsaturated/α-hetero) is 1. The Morgan fingerprint density at radius 2 is 1.15 bits per heavy atom. The first-order chi connectivity index (χ1) is 28.7. The van der Waals surface area contributed by atoms with Gasteiger partial charge >= 0.3 is 0 Å². The Morgan fingerprint density at radius 1 is 0.705 bits per heavy atom. The average Bonchev–Trinajstić information content (AvgIpc) is 4.12. The Labute approximate surface area is 361 Å². The van der Waals surface area contributed by atoms with Crippen LogP contribution in [0.25, 0.3) is 0 Å². The number of amides is 3. The highest BCUT2D eigenvalue weighted by Gasteiger charge is 2.34. The molecular weight excluding hydrogens is 842 g/mol. The first kappa shape index (κ1) is 45.1. The van der Waals surface area contributed by atoms with Gasteiger partial charge in [0.1, 0.15) is 10.9 Å². The van der Waals surface area contributed by atoms with Crippen LogP contribution in [0, 0.1) is 11.8 Å². The molecule has 2 aliphatic heterocycles. The quantitative estimate of drug-likeness (QED) is 0.144. The zero-order valence-electron chi connectivity index (χ0n) is 35.0. The van der Waals surface area contributed by atoms with Crippen LogP contribution in [0.3, 0.4) is 0 Å². The molecule has 4 aromatic rings. The number of nitrogens with two attached hydrogens (primary N) is 1. The highest BCUT2D eigenvalue weighted by Crippen LogP contribution is 2.36. The average molecular weight is 893 g/mol. The number of nitrogens with one attached hydrogen (secondary N) is 2. The molecule has 0 atom stereocenters. The molecule has 4 heterocycles. The third kappa shape index (κ3) is 10.7. The Kier molecular flexibility index (Phi) is 13.3. The van der Waals surface area contributed by atoms with Crippen LogP contribution in [-0.2, 0) is 61.6 Å². The van der Waals surface area contributed by atoms with Gasteiger partial charge in [-0.3, -0.25) is 24.2 Å². The number of ketones is 1. The lowest BCUT2D eigenvalue weighted by Gasteiger charge is -2.15. The van der Waals surface area contributed by atoms with Crippen molar-refractivity contribution in [2.45, 2.75) is 81.7 Å². The van der Waals surface area contributed by atoms with Crippen LogP contribution in [0.5, 0.6) is 0 Å². The number of hydrogen-bond acceptors (Lipinski definition) is 12. The molecule has 0 saturated heterocycles. The number of anilines is 4. The van der Waals surface area contributed by atoms with Crippen molar-refractivity contribution in [3.63, 3.8) is 0 Å². The number of rotatable bonds is 12. The summed E-state index contributed by atoms with van der Waals surface area (Å²) in [6.07, 6.45) is 7.89. The number of aryl methyl sites for hydroxylation is 2. The number of benzene rings is 2. The van der Waals surface area contributed by atoms with E-state index in [0.29, 0.717) is 70.5 Å². The maximum absolute atomic E-state index is 12.7. The molecule has 2 aromatic heterocycles. The van der Waals surface area contributed by atoms with Gasteiger partial charge in [-0.15, -0.1) is 0 Å². The predicted molar refractivity (Wildman–Crippen MR) is 233 cm³/mol. The summed E-state index contributed by atoms with van der Waals surface area (Å²) in [5.41, 5.74) is 11.1. The molecule has 3 amide bonds. The van der Waals surface area contributed by atoms with Crippen molar-refractivity contribution in [1.82, 2.24) is 19.8 Å². The number of carbonyl (C=O) groups excluding carboxylic acids is 4. The second-order valence-corrected chi connectivity index (χ2v) is 20.2. The zero-order valence-corrected chi connectivity index (χ0v) is 37.4. The van der Waals surface area contributed by atoms with Crippen LogP contribution < -0.4 is 16.4 Å². The van der Waals surface area contributed by atoms with E-state index in [2.05, 4.69) is 20.6 Å². The lowest BCUT2D eigenvalue weighted by molar-refractivity contribution is -0.120. The molecule has 2 fully saturated rings. The van der Waals surface area contributed by atoms with Gasteiger partial charge in [0.05, 0.1) is 73.8 Å². The topological polar surface area (TPSA) is 219 Å². The number of nitrogens with zero attached hydrogens (tertiary/aromatic N) is 4. The molecule has 4 N–H and O–H groups in total. The van der Waals surface area contributed by atoms with Crippen LogP contribution >= 0.6 is 11.6 Å². The SMILES string of the molecule is CCc1ccc(Nc2cc(CC(=O)C3CC3)nc3c2C(=O)N(C)C3)c(S(C)(=O)=O)c1.CCc1ccc(Nc2cc(Cl)nc3c2C(=O)N(C)C3)c(S(C)(=O)=O)c1.NC(=O)C1CC1. The highest BCUT2D eigenvalue weighted by molar-refractivity contribution is 7.91. The molecule has 0 radical (unpaired) electrons. The van der Waals surface area contributed by atoms with Crippen LogP contribution in [0.4, 0.5) is 22.7 Å².